The van der Waals surface area contributed by atoms with Gasteiger partial charge < -0.3 is 14.5 Å². The number of amides is 5. The number of benzene rings is 2. The van der Waals surface area contributed by atoms with Crippen molar-refractivity contribution in [2.24, 2.45) is 22.2 Å². The number of nitrogens with zero attached hydrogens (tertiary/aromatic N) is 6. The molecule has 0 radical (unpaired) electrons. The molecular weight excluding hydrogens is 818 g/mol. The maximum Gasteiger partial charge on any atom is 0.262 e. The second kappa shape index (κ2) is 14.9. The molecule has 3 aromatic rings. The summed E-state index contributed by atoms with van der Waals surface area (Å²) in [7, 11) is 0. The predicted molar refractivity (Wildman–Crippen MR) is 233 cm³/mol. The number of halogens is 1. The molecule has 1 N–H and O–H groups in total. The number of pyridine rings is 1. The van der Waals surface area contributed by atoms with Gasteiger partial charge in [-0.05, 0) is 86.9 Å². The number of imide groups is 2. The lowest BCUT2D eigenvalue weighted by Crippen LogP contribution is -2.74. The average molecular weight is 868 g/mol. The number of rotatable bonds is 6. The maximum atomic E-state index is 13.8. The lowest BCUT2D eigenvalue weighted by atomic mass is 9.49. The molecule has 5 amide bonds. The second-order valence-corrected chi connectivity index (χ2v) is 20.4. The van der Waals surface area contributed by atoms with Gasteiger partial charge in [-0.1, -0.05) is 45.2 Å². The van der Waals surface area contributed by atoms with E-state index in [4.69, 9.17) is 21.3 Å². The van der Waals surface area contributed by atoms with E-state index in [0.717, 1.165) is 74.6 Å². The smallest absolute Gasteiger partial charge is 0.262 e. The minimum Gasteiger partial charge on any atom is -0.489 e. The summed E-state index contributed by atoms with van der Waals surface area (Å²) in [6.45, 7) is 12.8. The number of anilines is 1. The van der Waals surface area contributed by atoms with Gasteiger partial charge in [0.2, 0.25) is 11.8 Å². The number of piperidine rings is 1. The highest BCUT2D eigenvalue weighted by Gasteiger charge is 2.67. The Bertz CT molecular complexity index is 2590. The molecule has 2 saturated carbocycles. The largest absolute Gasteiger partial charge is 0.489 e. The van der Waals surface area contributed by atoms with E-state index in [1.165, 1.54) is 0 Å². The van der Waals surface area contributed by atoms with Gasteiger partial charge in [0.25, 0.3) is 17.7 Å². The SMILES string of the molecule is CC1(C)[C@H](Oc2ccc(C#N)c(Cl)c2)C(C)(C)[C@H]1N1Cc2nc(C#CC3CCC(N4CC5(CCN(c6ccc7c(c6)C(=O)N(C6CCC(=O)NC6=O)C7=O)C5)C4)CC3)ccc2C1=O. The zero-order valence-electron chi connectivity index (χ0n) is 36.0. The van der Waals surface area contributed by atoms with Crippen LogP contribution in [0.1, 0.15) is 121 Å². The first-order valence-electron chi connectivity index (χ1n) is 22.1. The van der Waals surface area contributed by atoms with Gasteiger partial charge in [-0.25, -0.2) is 4.98 Å². The molecule has 3 saturated heterocycles. The van der Waals surface area contributed by atoms with Gasteiger partial charge >= 0.3 is 0 Å². The van der Waals surface area contributed by atoms with E-state index < -0.39 is 29.7 Å². The number of fused-ring (bicyclic) bond motifs is 2. The zero-order valence-corrected chi connectivity index (χ0v) is 36.8. The number of hydrogen-bond donors (Lipinski definition) is 1. The normalized spacial score (nSPS) is 27.8. The predicted octanol–water partition coefficient (Wildman–Crippen LogP) is 5.97. The molecule has 14 heteroatoms. The number of aromatic nitrogens is 1. The molecule has 0 bridgehead atoms. The second-order valence-electron chi connectivity index (χ2n) is 19.9. The Hall–Kier alpha value is -5.76. The molecule has 1 aromatic heterocycles. The molecule has 2 aromatic carbocycles. The number of carbonyl (C=O) groups is 5. The van der Waals surface area contributed by atoms with Crippen molar-refractivity contribution in [2.45, 2.75) is 103 Å². The molecule has 5 aliphatic heterocycles. The zero-order chi connectivity index (χ0) is 44.2. The van der Waals surface area contributed by atoms with Crippen molar-refractivity contribution < 1.29 is 28.7 Å². The molecule has 5 fully saturated rings. The third kappa shape index (κ3) is 6.78. The van der Waals surface area contributed by atoms with Crippen LogP contribution in [0.5, 0.6) is 5.75 Å². The van der Waals surface area contributed by atoms with Crippen LogP contribution < -0.4 is 15.0 Å². The van der Waals surface area contributed by atoms with Crippen molar-refractivity contribution in [3.63, 3.8) is 0 Å². The molecule has 1 spiro atoms. The van der Waals surface area contributed by atoms with E-state index in [-0.39, 0.29) is 47.1 Å². The van der Waals surface area contributed by atoms with Gasteiger partial charge in [0, 0.05) is 78.6 Å². The van der Waals surface area contributed by atoms with Crippen LogP contribution in [0.3, 0.4) is 0 Å². The van der Waals surface area contributed by atoms with Crippen LogP contribution in [0, 0.1) is 45.3 Å². The first-order valence-corrected chi connectivity index (χ1v) is 22.5. The Morgan fingerprint density at radius 1 is 0.841 bits per heavy atom. The molecule has 1 atom stereocenters. The third-order valence-corrected chi connectivity index (χ3v) is 15.4. The third-order valence-electron chi connectivity index (χ3n) is 15.1. The molecule has 1 unspecified atom stereocenters. The van der Waals surface area contributed by atoms with Crippen molar-refractivity contribution in [3.05, 3.63) is 87.2 Å². The average Bonchev–Trinajstić information content (AvgIpc) is 3.90. The molecule has 324 valence electrons. The summed E-state index contributed by atoms with van der Waals surface area (Å²) in [4.78, 5) is 77.4. The van der Waals surface area contributed by atoms with Crippen LogP contribution >= 0.6 is 11.6 Å². The van der Waals surface area contributed by atoms with E-state index in [9.17, 15) is 29.2 Å². The Morgan fingerprint density at radius 2 is 1.57 bits per heavy atom. The van der Waals surface area contributed by atoms with Crippen LogP contribution in [-0.2, 0) is 16.1 Å². The summed E-state index contributed by atoms with van der Waals surface area (Å²) in [5, 5.41) is 11.9. The van der Waals surface area contributed by atoms with Gasteiger partial charge in [0.05, 0.1) is 39.5 Å². The van der Waals surface area contributed by atoms with Crippen molar-refractivity contribution >= 4 is 46.8 Å². The van der Waals surface area contributed by atoms with Crippen LogP contribution in [0.4, 0.5) is 5.69 Å². The molecule has 63 heavy (non-hydrogen) atoms. The van der Waals surface area contributed by atoms with E-state index in [1.54, 1.807) is 30.3 Å². The summed E-state index contributed by atoms with van der Waals surface area (Å²) >= 11 is 6.30. The summed E-state index contributed by atoms with van der Waals surface area (Å²) < 4.78 is 6.48. The van der Waals surface area contributed by atoms with Crippen molar-refractivity contribution in [1.29, 1.82) is 5.26 Å². The molecule has 6 heterocycles. The number of ether oxygens (including phenoxy) is 1. The number of hydrogen-bond acceptors (Lipinski definition) is 10. The number of nitriles is 1. The Morgan fingerprint density at radius 3 is 2.29 bits per heavy atom. The van der Waals surface area contributed by atoms with Gasteiger partial charge in [-0.3, -0.25) is 39.1 Å². The number of carbonyl (C=O) groups excluding carboxylic acids is 5. The summed E-state index contributed by atoms with van der Waals surface area (Å²) in [5.74, 6) is 5.80. The van der Waals surface area contributed by atoms with Gasteiger partial charge in [-0.15, -0.1) is 0 Å². The molecule has 2 aliphatic carbocycles. The van der Waals surface area contributed by atoms with Gasteiger partial charge in [0.15, 0.2) is 0 Å². The van der Waals surface area contributed by atoms with E-state index >= 15 is 0 Å². The molecular formula is C49H50ClN7O6. The van der Waals surface area contributed by atoms with Crippen LogP contribution in [0.25, 0.3) is 0 Å². The van der Waals surface area contributed by atoms with Crippen molar-refractivity contribution in [2.75, 3.05) is 31.1 Å². The number of likely N-dealkylation sites (tertiary alicyclic amines) is 1. The van der Waals surface area contributed by atoms with E-state index in [1.807, 2.05) is 23.1 Å². The monoisotopic (exact) mass is 867 g/mol. The topological polar surface area (TPSA) is 156 Å². The first-order chi connectivity index (χ1) is 30.1. The fraction of sp³-hybridized carbons (Fsp3) is 0.490. The molecule has 13 nitrogen and oxygen atoms in total. The highest BCUT2D eigenvalue weighted by molar-refractivity contribution is 6.31. The number of nitrogens with one attached hydrogen (secondary N) is 1. The lowest BCUT2D eigenvalue weighted by molar-refractivity contribution is -0.199. The fourth-order valence-corrected chi connectivity index (χ4v) is 12.6. The van der Waals surface area contributed by atoms with Crippen molar-refractivity contribution in [3.8, 4) is 23.7 Å². The van der Waals surface area contributed by atoms with E-state index in [0.29, 0.717) is 57.2 Å². The molecule has 10 rings (SSSR count). The molecule has 7 aliphatic rings. The standard InChI is InChI=1S/C49H50ClN7O6/c1-47(2)45(48(3,4)46(47)63-33-14-8-29(23-51)37(50)22-33)56-24-38-35(42(56)60)15-10-30(52-38)9-5-28-6-11-31(12-7-28)55-26-49(27-55)19-20-54(25-49)32-13-16-34-36(21-32)44(62)57(43(34)61)39-17-18-40(58)53-41(39)59/h8,10,13-16,21-22,28,31,39,45-46H,6-7,11-12,17-20,24-27H2,1-4H3,(H,53,58,59)/t28?,31?,39?,45-,46-. The van der Waals surface area contributed by atoms with Gasteiger partial charge in [-0.2, -0.15) is 5.26 Å². The highest BCUT2D eigenvalue weighted by atomic mass is 35.5. The summed E-state index contributed by atoms with van der Waals surface area (Å²) in [6.07, 6.45) is 5.37. The lowest BCUT2D eigenvalue weighted by Gasteiger charge is -2.65. The Kier molecular flexibility index (Phi) is 9.77. The van der Waals surface area contributed by atoms with Crippen LogP contribution in [-0.4, -0.2) is 99.6 Å². The maximum absolute atomic E-state index is 13.8. The summed E-state index contributed by atoms with van der Waals surface area (Å²) in [5.41, 5.74) is 3.49. The Balaban J connectivity index is 0.712. The summed E-state index contributed by atoms with van der Waals surface area (Å²) in [6, 6.07) is 15.8. The van der Waals surface area contributed by atoms with Gasteiger partial charge in [0.1, 0.15) is 29.7 Å². The minimum absolute atomic E-state index is 0.0167. The minimum atomic E-state index is -0.973. The van der Waals surface area contributed by atoms with Crippen LogP contribution in [0.2, 0.25) is 5.02 Å². The van der Waals surface area contributed by atoms with Crippen molar-refractivity contribution in [1.82, 2.24) is 25.0 Å². The Labute approximate surface area is 372 Å². The highest BCUT2D eigenvalue weighted by Crippen LogP contribution is 2.59. The van der Waals surface area contributed by atoms with E-state index in [2.05, 4.69) is 60.7 Å². The first kappa shape index (κ1) is 41.3. The fourth-order valence-electron chi connectivity index (χ4n) is 12.4. The van der Waals surface area contributed by atoms with Crippen LogP contribution in [0.15, 0.2) is 48.5 Å². The quantitative estimate of drug-likeness (QED) is 0.232.